The molecule has 64 valence electrons. The monoisotopic (exact) mass is 164 g/mol. The quantitative estimate of drug-likeness (QED) is 0.548. The van der Waals surface area contributed by atoms with E-state index in [2.05, 4.69) is 0 Å². The lowest BCUT2D eigenvalue weighted by Gasteiger charge is -2.07. The Bertz CT molecular complexity index is 163. The highest BCUT2D eigenvalue weighted by atomic mass is 19.4. The van der Waals surface area contributed by atoms with Gasteiger partial charge in [-0.1, -0.05) is 25.2 Å². The highest BCUT2D eigenvalue weighted by molar-refractivity contribution is 5.16. The van der Waals surface area contributed by atoms with E-state index in [1.165, 1.54) is 13.0 Å². The largest absolute Gasteiger partial charge is 0.412 e. The lowest BCUT2D eigenvalue weighted by atomic mass is 10.2. The van der Waals surface area contributed by atoms with Crippen LogP contribution in [-0.2, 0) is 0 Å². The summed E-state index contributed by atoms with van der Waals surface area (Å²) in [6.45, 7) is 3.17. The zero-order valence-corrected chi connectivity index (χ0v) is 6.57. The molecule has 0 aliphatic rings. The van der Waals surface area contributed by atoms with Crippen molar-refractivity contribution < 1.29 is 13.2 Å². The van der Waals surface area contributed by atoms with Crippen molar-refractivity contribution in [3.05, 3.63) is 23.8 Å². The van der Waals surface area contributed by atoms with E-state index in [-0.39, 0.29) is 6.42 Å². The number of hydrogen-bond donors (Lipinski definition) is 0. The molecular weight excluding hydrogens is 153 g/mol. The molecule has 0 nitrogen and oxygen atoms in total. The minimum absolute atomic E-state index is 0.0217. The minimum atomic E-state index is -4.17. The summed E-state index contributed by atoms with van der Waals surface area (Å²) in [5, 5.41) is 0. The molecule has 3 heteroatoms. The van der Waals surface area contributed by atoms with Gasteiger partial charge in [-0.15, -0.1) is 0 Å². The summed E-state index contributed by atoms with van der Waals surface area (Å²) in [6, 6.07) is 0. The van der Waals surface area contributed by atoms with Crippen molar-refractivity contribution >= 4 is 0 Å². The number of hydrogen-bond acceptors (Lipinski definition) is 0. The van der Waals surface area contributed by atoms with Crippen LogP contribution in [0.25, 0.3) is 0 Å². The standard InChI is InChI=1S/C8H11F3/c1-3-5-6-7(4-2)8(9,10)11/h3,5-6H,4H2,1-2H3/b5-3?,7-6+. The molecule has 0 fully saturated rings. The third-order valence-corrected chi connectivity index (χ3v) is 1.23. The van der Waals surface area contributed by atoms with Crippen LogP contribution < -0.4 is 0 Å². The fourth-order valence-electron chi connectivity index (χ4n) is 0.625. The SMILES string of the molecule is CC=C/C=C(\CC)C(F)(F)F. The zero-order valence-electron chi connectivity index (χ0n) is 6.57. The Morgan fingerprint density at radius 1 is 1.36 bits per heavy atom. The van der Waals surface area contributed by atoms with Gasteiger partial charge in [-0.05, 0) is 13.3 Å². The van der Waals surface area contributed by atoms with Crippen LogP contribution >= 0.6 is 0 Å². The van der Waals surface area contributed by atoms with Crippen LogP contribution in [-0.4, -0.2) is 6.18 Å². The molecule has 0 heterocycles. The van der Waals surface area contributed by atoms with E-state index in [9.17, 15) is 13.2 Å². The van der Waals surface area contributed by atoms with E-state index in [4.69, 9.17) is 0 Å². The second kappa shape index (κ2) is 4.21. The Labute approximate surface area is 64.4 Å². The fraction of sp³-hybridized carbons (Fsp3) is 0.500. The maximum Gasteiger partial charge on any atom is 0.412 e. The van der Waals surface area contributed by atoms with Crippen LogP contribution in [0, 0.1) is 0 Å². The second-order valence-electron chi connectivity index (χ2n) is 2.07. The number of allylic oxidation sites excluding steroid dienone is 4. The third kappa shape index (κ3) is 3.86. The molecule has 0 rings (SSSR count). The first-order chi connectivity index (χ1) is 5.02. The summed E-state index contributed by atoms with van der Waals surface area (Å²) in [7, 11) is 0. The smallest absolute Gasteiger partial charge is 0.166 e. The maximum atomic E-state index is 11.9. The molecule has 0 amide bonds. The Hall–Kier alpha value is -0.730. The van der Waals surface area contributed by atoms with Crippen molar-refractivity contribution in [1.29, 1.82) is 0 Å². The van der Waals surface area contributed by atoms with Gasteiger partial charge >= 0.3 is 6.18 Å². The molecule has 0 aromatic heterocycles. The van der Waals surface area contributed by atoms with Gasteiger partial charge in [-0.3, -0.25) is 0 Å². The molecule has 0 spiro atoms. The van der Waals surface area contributed by atoms with Crippen molar-refractivity contribution in [2.45, 2.75) is 26.4 Å². The van der Waals surface area contributed by atoms with Crippen LogP contribution in [0.1, 0.15) is 20.3 Å². The van der Waals surface area contributed by atoms with Crippen LogP contribution in [0.5, 0.6) is 0 Å². The van der Waals surface area contributed by atoms with Crippen molar-refractivity contribution in [3.63, 3.8) is 0 Å². The third-order valence-electron chi connectivity index (χ3n) is 1.23. The first-order valence-corrected chi connectivity index (χ1v) is 3.41. The predicted molar refractivity (Wildman–Crippen MR) is 39.2 cm³/mol. The van der Waals surface area contributed by atoms with E-state index >= 15 is 0 Å². The van der Waals surface area contributed by atoms with Crippen molar-refractivity contribution in [1.82, 2.24) is 0 Å². The van der Waals surface area contributed by atoms with E-state index in [0.29, 0.717) is 0 Å². The lowest BCUT2D eigenvalue weighted by Crippen LogP contribution is -2.10. The number of rotatable bonds is 2. The molecule has 0 radical (unpaired) electrons. The molecule has 0 aromatic rings. The fourth-order valence-corrected chi connectivity index (χ4v) is 0.625. The van der Waals surface area contributed by atoms with Crippen molar-refractivity contribution in [2.75, 3.05) is 0 Å². The molecule has 0 bridgehead atoms. The number of halogens is 3. The second-order valence-corrected chi connectivity index (χ2v) is 2.07. The summed E-state index contributed by atoms with van der Waals surface area (Å²) in [5.41, 5.74) is -0.490. The molecule has 0 aliphatic heterocycles. The van der Waals surface area contributed by atoms with Gasteiger partial charge in [0.15, 0.2) is 0 Å². The summed E-state index contributed by atoms with van der Waals surface area (Å²) in [5.74, 6) is 0. The van der Waals surface area contributed by atoms with Gasteiger partial charge in [-0.2, -0.15) is 13.2 Å². The van der Waals surface area contributed by atoms with E-state index in [1.807, 2.05) is 0 Å². The Morgan fingerprint density at radius 2 is 1.91 bits per heavy atom. The molecule has 0 atom stereocenters. The summed E-state index contributed by atoms with van der Waals surface area (Å²) in [4.78, 5) is 0. The average Bonchev–Trinajstić information content (AvgIpc) is 1.87. The van der Waals surface area contributed by atoms with Gasteiger partial charge in [-0.25, -0.2) is 0 Å². The van der Waals surface area contributed by atoms with Crippen LogP contribution in [0.2, 0.25) is 0 Å². The number of alkyl halides is 3. The summed E-state index contributed by atoms with van der Waals surface area (Å²) >= 11 is 0. The molecule has 0 unspecified atom stereocenters. The molecule has 0 saturated heterocycles. The Balaban J connectivity index is 4.40. The summed E-state index contributed by atoms with van der Waals surface area (Å²) in [6.07, 6.45) is -0.0875. The molecule has 11 heavy (non-hydrogen) atoms. The summed E-state index contributed by atoms with van der Waals surface area (Å²) < 4.78 is 35.8. The molecule has 0 aliphatic carbocycles. The van der Waals surface area contributed by atoms with Gasteiger partial charge < -0.3 is 0 Å². The maximum absolute atomic E-state index is 11.9. The van der Waals surface area contributed by atoms with Gasteiger partial charge in [0.2, 0.25) is 0 Å². The normalized spacial score (nSPS) is 14.5. The van der Waals surface area contributed by atoms with Crippen molar-refractivity contribution in [3.8, 4) is 0 Å². The van der Waals surface area contributed by atoms with Gasteiger partial charge in [0.25, 0.3) is 0 Å². The lowest BCUT2D eigenvalue weighted by molar-refractivity contribution is -0.0935. The molecule has 0 N–H and O–H groups in total. The van der Waals surface area contributed by atoms with Crippen molar-refractivity contribution in [2.24, 2.45) is 0 Å². The van der Waals surface area contributed by atoms with Gasteiger partial charge in [0.1, 0.15) is 0 Å². The van der Waals surface area contributed by atoms with Crippen LogP contribution in [0.15, 0.2) is 23.8 Å². The first kappa shape index (κ1) is 10.3. The van der Waals surface area contributed by atoms with E-state index < -0.39 is 11.7 Å². The topological polar surface area (TPSA) is 0 Å². The molecule has 0 saturated carbocycles. The molecular formula is C8H11F3. The average molecular weight is 164 g/mol. The zero-order chi connectivity index (χ0) is 8.91. The van der Waals surface area contributed by atoms with E-state index in [1.54, 1.807) is 13.0 Å². The van der Waals surface area contributed by atoms with Crippen LogP contribution in [0.4, 0.5) is 13.2 Å². The Kier molecular flexibility index (Phi) is 3.93. The van der Waals surface area contributed by atoms with Gasteiger partial charge in [0, 0.05) is 5.57 Å². The van der Waals surface area contributed by atoms with Crippen LogP contribution in [0.3, 0.4) is 0 Å². The molecule has 0 aromatic carbocycles. The highest BCUT2D eigenvalue weighted by Crippen LogP contribution is 2.27. The Morgan fingerprint density at radius 3 is 2.18 bits per heavy atom. The first-order valence-electron chi connectivity index (χ1n) is 3.41. The minimum Gasteiger partial charge on any atom is -0.166 e. The highest BCUT2D eigenvalue weighted by Gasteiger charge is 2.31. The van der Waals surface area contributed by atoms with Gasteiger partial charge in [0.05, 0.1) is 0 Å². The predicted octanol–water partition coefficient (Wildman–Crippen LogP) is 3.46. The van der Waals surface area contributed by atoms with E-state index in [0.717, 1.165) is 6.08 Å².